The van der Waals surface area contributed by atoms with Crippen LogP contribution in [0.4, 0.5) is 5.69 Å². The van der Waals surface area contributed by atoms with Crippen molar-refractivity contribution in [3.05, 3.63) is 24.5 Å². The van der Waals surface area contributed by atoms with Gasteiger partial charge < -0.3 is 20.1 Å². The van der Waals surface area contributed by atoms with Gasteiger partial charge in [0.15, 0.2) is 5.82 Å². The Balaban J connectivity index is 2.35. The maximum atomic E-state index is 9.82. The molecule has 17 heavy (non-hydrogen) atoms. The zero-order valence-corrected chi connectivity index (χ0v) is 9.50. The number of ether oxygens (including phenoxy) is 1. The van der Waals surface area contributed by atoms with Gasteiger partial charge in [0.2, 0.25) is 0 Å². The highest BCUT2D eigenvalue weighted by Crippen LogP contribution is 2.29. The Labute approximate surface area is 98.7 Å². The molecule has 0 radical (unpaired) electrons. The van der Waals surface area contributed by atoms with Crippen LogP contribution in [0.3, 0.4) is 0 Å². The highest BCUT2D eigenvalue weighted by atomic mass is 16.5. The van der Waals surface area contributed by atoms with Crippen molar-refractivity contribution in [2.24, 2.45) is 0 Å². The number of hydrogen-bond donors (Lipinski definition) is 2. The summed E-state index contributed by atoms with van der Waals surface area (Å²) in [6.07, 6.45) is 1.60. The largest absolute Gasteiger partial charge is 0.507 e. The molecule has 6 heteroatoms. The number of phenolic OH excluding ortho intramolecular Hbond substituents is 1. The molecule has 1 aromatic carbocycles. The number of aromatic nitrogens is 3. The monoisotopic (exact) mass is 234 g/mol. The third-order valence-corrected chi connectivity index (χ3v) is 2.41. The van der Waals surface area contributed by atoms with E-state index in [2.05, 4.69) is 10.2 Å². The molecule has 2 rings (SSSR count). The summed E-state index contributed by atoms with van der Waals surface area (Å²) in [7, 11) is 1.63. The van der Waals surface area contributed by atoms with E-state index >= 15 is 0 Å². The van der Waals surface area contributed by atoms with E-state index in [-0.39, 0.29) is 5.75 Å². The number of nitrogens with two attached hydrogens (primary N) is 1. The van der Waals surface area contributed by atoms with Crippen molar-refractivity contribution in [1.82, 2.24) is 14.8 Å². The van der Waals surface area contributed by atoms with E-state index < -0.39 is 0 Å². The summed E-state index contributed by atoms with van der Waals surface area (Å²) in [6, 6.07) is 4.92. The number of methoxy groups -OCH3 is 1. The third kappa shape index (κ3) is 2.36. The van der Waals surface area contributed by atoms with Crippen LogP contribution in [0, 0.1) is 0 Å². The minimum Gasteiger partial charge on any atom is -0.507 e. The molecule has 0 spiro atoms. The first-order valence-electron chi connectivity index (χ1n) is 5.18. The van der Waals surface area contributed by atoms with Gasteiger partial charge in [-0.05, 0) is 12.1 Å². The topological polar surface area (TPSA) is 86.2 Å². The van der Waals surface area contributed by atoms with Crippen LogP contribution in [0.25, 0.3) is 11.4 Å². The minimum atomic E-state index is 0.0941. The summed E-state index contributed by atoms with van der Waals surface area (Å²) in [6.45, 7) is 1.18. The second kappa shape index (κ2) is 4.84. The van der Waals surface area contributed by atoms with E-state index in [1.807, 2.05) is 4.57 Å². The molecule has 3 N–H and O–H groups in total. The number of anilines is 1. The van der Waals surface area contributed by atoms with Crippen molar-refractivity contribution in [1.29, 1.82) is 0 Å². The predicted octanol–water partition coefficient (Wildman–Crippen LogP) is 0.879. The fraction of sp³-hybridized carbons (Fsp3) is 0.273. The quantitative estimate of drug-likeness (QED) is 0.767. The van der Waals surface area contributed by atoms with Gasteiger partial charge in [0.1, 0.15) is 12.1 Å². The number of benzene rings is 1. The Kier molecular flexibility index (Phi) is 3.24. The zero-order valence-electron chi connectivity index (χ0n) is 9.50. The minimum absolute atomic E-state index is 0.0941. The molecule has 0 aliphatic rings. The normalized spacial score (nSPS) is 10.6. The van der Waals surface area contributed by atoms with Gasteiger partial charge in [0.05, 0.1) is 12.2 Å². The lowest BCUT2D eigenvalue weighted by atomic mass is 10.1. The number of nitrogens with zero attached hydrogens (tertiary/aromatic N) is 3. The fourth-order valence-corrected chi connectivity index (χ4v) is 1.55. The highest BCUT2D eigenvalue weighted by molar-refractivity contribution is 5.67. The van der Waals surface area contributed by atoms with Crippen LogP contribution in [0.1, 0.15) is 0 Å². The maximum Gasteiger partial charge on any atom is 0.167 e. The van der Waals surface area contributed by atoms with Crippen molar-refractivity contribution < 1.29 is 9.84 Å². The smallest absolute Gasteiger partial charge is 0.167 e. The van der Waals surface area contributed by atoms with E-state index in [0.717, 1.165) is 0 Å². The second-order valence-electron chi connectivity index (χ2n) is 3.62. The lowest BCUT2D eigenvalue weighted by molar-refractivity contribution is 0.187. The van der Waals surface area contributed by atoms with Crippen LogP contribution in [0.15, 0.2) is 24.5 Å². The first kappa shape index (κ1) is 11.4. The molecular formula is C11H14N4O2. The summed E-state index contributed by atoms with van der Waals surface area (Å²) in [4.78, 5) is 0. The molecule has 1 aromatic heterocycles. The molecule has 0 saturated carbocycles. The number of nitrogen functional groups attached to an aromatic ring is 1. The summed E-state index contributed by atoms with van der Waals surface area (Å²) in [5, 5.41) is 17.6. The summed E-state index contributed by atoms with van der Waals surface area (Å²) < 4.78 is 6.81. The molecule has 0 aliphatic carbocycles. The molecule has 2 aromatic rings. The van der Waals surface area contributed by atoms with Crippen LogP contribution in [0.2, 0.25) is 0 Å². The van der Waals surface area contributed by atoms with Crippen LogP contribution in [-0.4, -0.2) is 33.6 Å². The standard InChI is InChI=1S/C11H14N4O2/c1-17-5-4-15-7-13-14-11(15)9-3-2-8(12)6-10(9)16/h2-3,6-7,16H,4-5,12H2,1H3. The van der Waals surface area contributed by atoms with Crippen LogP contribution in [0.5, 0.6) is 5.75 Å². The van der Waals surface area contributed by atoms with Gasteiger partial charge >= 0.3 is 0 Å². The van der Waals surface area contributed by atoms with Gasteiger partial charge in [-0.25, -0.2) is 0 Å². The molecule has 0 bridgehead atoms. The number of aromatic hydroxyl groups is 1. The second-order valence-corrected chi connectivity index (χ2v) is 3.62. The van der Waals surface area contributed by atoms with Gasteiger partial charge in [-0.1, -0.05) is 0 Å². The molecule has 0 unspecified atom stereocenters. The molecule has 0 amide bonds. The Morgan fingerprint density at radius 1 is 1.47 bits per heavy atom. The summed E-state index contributed by atoms with van der Waals surface area (Å²) >= 11 is 0. The lowest BCUT2D eigenvalue weighted by Gasteiger charge is -2.07. The first-order valence-corrected chi connectivity index (χ1v) is 5.18. The van der Waals surface area contributed by atoms with Crippen molar-refractivity contribution in [3.63, 3.8) is 0 Å². The Hall–Kier alpha value is -2.08. The summed E-state index contributed by atoms with van der Waals surface area (Å²) in [5.74, 6) is 0.691. The average Bonchev–Trinajstić information content (AvgIpc) is 2.74. The van der Waals surface area contributed by atoms with Crippen molar-refractivity contribution >= 4 is 5.69 Å². The van der Waals surface area contributed by atoms with Crippen molar-refractivity contribution in [3.8, 4) is 17.1 Å². The van der Waals surface area contributed by atoms with E-state index in [0.29, 0.717) is 30.2 Å². The van der Waals surface area contributed by atoms with Crippen LogP contribution >= 0.6 is 0 Å². The average molecular weight is 234 g/mol. The van der Waals surface area contributed by atoms with Gasteiger partial charge in [0.25, 0.3) is 0 Å². The van der Waals surface area contributed by atoms with E-state index in [4.69, 9.17) is 10.5 Å². The van der Waals surface area contributed by atoms with E-state index in [1.54, 1.807) is 25.6 Å². The zero-order chi connectivity index (χ0) is 12.3. The molecule has 0 aliphatic heterocycles. The number of phenols is 1. The predicted molar refractivity (Wildman–Crippen MR) is 63.4 cm³/mol. The van der Waals surface area contributed by atoms with E-state index in [1.165, 1.54) is 6.07 Å². The molecular weight excluding hydrogens is 220 g/mol. The molecule has 90 valence electrons. The molecule has 0 atom stereocenters. The third-order valence-electron chi connectivity index (χ3n) is 2.41. The first-order chi connectivity index (χ1) is 8.22. The lowest BCUT2D eigenvalue weighted by Crippen LogP contribution is -2.05. The van der Waals surface area contributed by atoms with Crippen LogP contribution in [-0.2, 0) is 11.3 Å². The SMILES string of the molecule is COCCn1cnnc1-c1ccc(N)cc1O. The molecule has 6 nitrogen and oxygen atoms in total. The van der Waals surface area contributed by atoms with E-state index in [9.17, 15) is 5.11 Å². The van der Waals surface area contributed by atoms with Crippen LogP contribution < -0.4 is 5.73 Å². The molecule has 1 heterocycles. The number of hydrogen-bond acceptors (Lipinski definition) is 5. The van der Waals surface area contributed by atoms with Gasteiger partial charge in [0, 0.05) is 25.4 Å². The van der Waals surface area contributed by atoms with Gasteiger partial charge in [-0.15, -0.1) is 10.2 Å². The molecule has 0 fully saturated rings. The van der Waals surface area contributed by atoms with Gasteiger partial charge in [-0.2, -0.15) is 0 Å². The maximum absolute atomic E-state index is 9.82. The molecule has 0 saturated heterocycles. The van der Waals surface area contributed by atoms with Crippen molar-refractivity contribution in [2.75, 3.05) is 19.5 Å². The Bertz CT molecular complexity index is 510. The summed E-state index contributed by atoms with van der Waals surface area (Å²) in [5.41, 5.74) is 6.69. The van der Waals surface area contributed by atoms with Crippen molar-refractivity contribution in [2.45, 2.75) is 6.54 Å². The fourth-order valence-electron chi connectivity index (χ4n) is 1.55. The Morgan fingerprint density at radius 3 is 3.00 bits per heavy atom. The number of rotatable bonds is 4. The van der Waals surface area contributed by atoms with Gasteiger partial charge in [-0.3, -0.25) is 0 Å². The Morgan fingerprint density at radius 2 is 2.29 bits per heavy atom. The highest BCUT2D eigenvalue weighted by Gasteiger charge is 2.11.